The monoisotopic (exact) mass is 519 g/mol. The first-order valence-corrected chi connectivity index (χ1v) is 11.7. The maximum absolute atomic E-state index is 13.1. The highest BCUT2D eigenvalue weighted by molar-refractivity contribution is 5.98. The lowest BCUT2D eigenvalue weighted by Gasteiger charge is -2.25. The summed E-state index contributed by atoms with van der Waals surface area (Å²) in [7, 11) is 1.86. The first-order valence-electron chi connectivity index (χ1n) is 11.7. The summed E-state index contributed by atoms with van der Waals surface area (Å²) in [5, 5.41) is 10.2. The summed E-state index contributed by atoms with van der Waals surface area (Å²) < 4.78 is 31.4. The number of aryl methyl sites for hydroxylation is 1. The van der Waals surface area contributed by atoms with Crippen LogP contribution in [0.3, 0.4) is 0 Å². The van der Waals surface area contributed by atoms with Gasteiger partial charge >= 0.3 is 12.6 Å². The normalized spacial score (nSPS) is 13.5. The van der Waals surface area contributed by atoms with Crippen LogP contribution in [0.25, 0.3) is 22.0 Å². The standard InChI is InChI=1S/C27H23F2N5O4/c1-33-12-20-10-18(7-9-23(20)32-33)16-2-4-17(5-3-16)24(31-27(37)30-15-35)14-34-13-19-6-8-21(38-26(28)29)11-22(19)25(34)36/h2-12,15,24,26H,13-14H2,1H3,(H2,30,31,35,37)/t24-/m0/s1. The topological polar surface area (TPSA) is 106 Å². The lowest BCUT2D eigenvalue weighted by Crippen LogP contribution is -2.42. The molecule has 0 fully saturated rings. The third-order valence-electron chi connectivity index (χ3n) is 6.35. The van der Waals surface area contributed by atoms with Crippen LogP contribution in [0.2, 0.25) is 0 Å². The van der Waals surface area contributed by atoms with E-state index < -0.39 is 18.7 Å². The molecule has 1 aliphatic heterocycles. The molecule has 4 amide bonds. The molecule has 0 saturated heterocycles. The van der Waals surface area contributed by atoms with Gasteiger partial charge in [0.1, 0.15) is 5.75 Å². The van der Waals surface area contributed by atoms with Crippen LogP contribution in [0.4, 0.5) is 13.6 Å². The van der Waals surface area contributed by atoms with E-state index in [1.165, 1.54) is 17.0 Å². The summed E-state index contributed by atoms with van der Waals surface area (Å²) in [6, 6.07) is 16.3. The minimum Gasteiger partial charge on any atom is -0.435 e. The average molecular weight is 520 g/mol. The second-order valence-electron chi connectivity index (χ2n) is 8.87. The Balaban J connectivity index is 1.37. The Bertz CT molecular complexity index is 1520. The molecule has 9 nitrogen and oxygen atoms in total. The van der Waals surface area contributed by atoms with Crippen molar-refractivity contribution in [2.75, 3.05) is 6.54 Å². The number of aromatic nitrogens is 2. The molecule has 0 aliphatic carbocycles. The molecule has 3 aromatic carbocycles. The fourth-order valence-corrected chi connectivity index (χ4v) is 4.61. The Labute approximate surface area is 216 Å². The van der Waals surface area contributed by atoms with Crippen molar-refractivity contribution in [2.24, 2.45) is 7.05 Å². The number of hydrogen-bond donors (Lipinski definition) is 2. The van der Waals surface area contributed by atoms with E-state index in [0.717, 1.165) is 22.0 Å². The Morgan fingerprint density at radius 1 is 1.11 bits per heavy atom. The molecule has 0 spiro atoms. The first kappa shape index (κ1) is 24.9. The van der Waals surface area contributed by atoms with Crippen LogP contribution in [0.5, 0.6) is 5.75 Å². The van der Waals surface area contributed by atoms with Crippen LogP contribution in [0.15, 0.2) is 66.9 Å². The van der Waals surface area contributed by atoms with Gasteiger partial charge in [-0.15, -0.1) is 0 Å². The molecule has 5 rings (SSSR count). The molecular formula is C27H23F2N5O4. The van der Waals surface area contributed by atoms with Gasteiger partial charge in [-0.05, 0) is 46.5 Å². The summed E-state index contributed by atoms with van der Waals surface area (Å²) in [5.41, 5.74) is 4.47. The van der Waals surface area contributed by atoms with E-state index in [0.29, 0.717) is 11.1 Å². The molecular weight excluding hydrogens is 496 g/mol. The van der Waals surface area contributed by atoms with E-state index in [4.69, 9.17) is 0 Å². The third-order valence-corrected chi connectivity index (χ3v) is 6.35. The van der Waals surface area contributed by atoms with Crippen LogP contribution in [0.1, 0.15) is 27.5 Å². The van der Waals surface area contributed by atoms with Gasteiger partial charge in [-0.25, -0.2) is 4.79 Å². The number of benzene rings is 3. The van der Waals surface area contributed by atoms with E-state index in [1.807, 2.05) is 55.7 Å². The number of hydrogen-bond acceptors (Lipinski definition) is 5. The lowest BCUT2D eigenvalue weighted by molar-refractivity contribution is -0.108. The van der Waals surface area contributed by atoms with Gasteiger partial charge in [0.15, 0.2) is 0 Å². The number of carbonyl (C=O) groups is 3. The summed E-state index contributed by atoms with van der Waals surface area (Å²) in [6.45, 7) is -2.68. The second kappa shape index (κ2) is 10.3. The van der Waals surface area contributed by atoms with Gasteiger partial charge in [0, 0.05) is 37.3 Å². The van der Waals surface area contributed by atoms with Crippen molar-refractivity contribution in [3.8, 4) is 16.9 Å². The predicted octanol–water partition coefficient (Wildman–Crippen LogP) is 3.99. The van der Waals surface area contributed by atoms with E-state index >= 15 is 0 Å². The van der Waals surface area contributed by atoms with Crippen LogP contribution in [0, 0.1) is 0 Å². The molecule has 0 unspecified atom stereocenters. The van der Waals surface area contributed by atoms with Gasteiger partial charge in [0.2, 0.25) is 6.41 Å². The zero-order valence-electron chi connectivity index (χ0n) is 20.2. The van der Waals surface area contributed by atoms with Crippen LogP contribution in [-0.4, -0.2) is 46.2 Å². The lowest BCUT2D eigenvalue weighted by atomic mass is 9.99. The third kappa shape index (κ3) is 5.17. The molecule has 0 radical (unpaired) electrons. The fraction of sp³-hybridized carbons (Fsp3) is 0.185. The van der Waals surface area contributed by atoms with E-state index in [2.05, 4.69) is 20.5 Å². The fourth-order valence-electron chi connectivity index (χ4n) is 4.61. The molecule has 38 heavy (non-hydrogen) atoms. The number of halogens is 2. The zero-order chi connectivity index (χ0) is 26.8. The van der Waals surface area contributed by atoms with Crippen LogP contribution in [-0.2, 0) is 18.4 Å². The number of amides is 4. The Hall–Kier alpha value is -4.80. The molecule has 1 aliphatic rings. The number of nitrogens with zero attached hydrogens (tertiary/aromatic N) is 3. The Kier molecular flexibility index (Phi) is 6.73. The number of imide groups is 1. The first-order chi connectivity index (χ1) is 18.3. The highest BCUT2D eigenvalue weighted by Crippen LogP contribution is 2.30. The largest absolute Gasteiger partial charge is 0.435 e. The quantitative estimate of drug-likeness (QED) is 0.343. The molecule has 1 atom stereocenters. The molecule has 11 heteroatoms. The molecule has 1 aromatic heterocycles. The summed E-state index contributed by atoms with van der Waals surface area (Å²) in [5.74, 6) is -0.474. The van der Waals surface area contributed by atoms with Crippen LogP contribution >= 0.6 is 0 Å². The molecule has 0 bridgehead atoms. The number of ether oxygens (including phenoxy) is 1. The number of urea groups is 1. The average Bonchev–Trinajstić information content (AvgIpc) is 3.41. The molecule has 2 N–H and O–H groups in total. The summed E-state index contributed by atoms with van der Waals surface area (Å²) >= 11 is 0. The predicted molar refractivity (Wildman–Crippen MR) is 134 cm³/mol. The number of alkyl halides is 2. The number of rotatable bonds is 8. The summed E-state index contributed by atoms with van der Waals surface area (Å²) in [6.07, 6.45) is 2.21. The second-order valence-corrected chi connectivity index (χ2v) is 8.87. The highest BCUT2D eigenvalue weighted by atomic mass is 19.3. The minimum atomic E-state index is -3.00. The van der Waals surface area contributed by atoms with Crippen molar-refractivity contribution in [3.05, 3.63) is 83.6 Å². The molecule has 194 valence electrons. The summed E-state index contributed by atoms with van der Waals surface area (Å²) in [4.78, 5) is 37.5. The van der Waals surface area contributed by atoms with Gasteiger partial charge in [-0.2, -0.15) is 13.9 Å². The van der Waals surface area contributed by atoms with Crippen molar-refractivity contribution in [1.82, 2.24) is 25.3 Å². The smallest absolute Gasteiger partial charge is 0.387 e. The number of nitrogens with one attached hydrogen (secondary N) is 2. The minimum absolute atomic E-state index is 0.0891. The Morgan fingerprint density at radius 2 is 1.87 bits per heavy atom. The Morgan fingerprint density at radius 3 is 2.61 bits per heavy atom. The van der Waals surface area contributed by atoms with Crippen molar-refractivity contribution < 1.29 is 27.9 Å². The van der Waals surface area contributed by atoms with Gasteiger partial charge < -0.3 is 15.0 Å². The SMILES string of the molecule is Cn1cc2cc(-c3ccc([C@H](CN4Cc5ccc(OC(F)F)cc5C4=O)NC(=O)NC=O)cc3)ccc2n1. The maximum atomic E-state index is 13.1. The van der Waals surface area contributed by atoms with Crippen molar-refractivity contribution in [1.29, 1.82) is 0 Å². The van der Waals surface area contributed by atoms with E-state index in [9.17, 15) is 23.2 Å². The molecule has 4 aromatic rings. The molecule has 2 heterocycles. The zero-order valence-corrected chi connectivity index (χ0v) is 20.2. The van der Waals surface area contributed by atoms with Crippen molar-refractivity contribution in [3.63, 3.8) is 0 Å². The maximum Gasteiger partial charge on any atom is 0.387 e. The van der Waals surface area contributed by atoms with Crippen LogP contribution < -0.4 is 15.4 Å². The van der Waals surface area contributed by atoms with Crippen molar-refractivity contribution in [2.45, 2.75) is 19.2 Å². The highest BCUT2D eigenvalue weighted by Gasteiger charge is 2.31. The number of fused-ring (bicyclic) bond motifs is 2. The van der Waals surface area contributed by atoms with E-state index in [1.54, 1.807) is 10.7 Å². The van der Waals surface area contributed by atoms with Gasteiger partial charge in [-0.3, -0.25) is 19.6 Å². The molecule has 0 saturated carbocycles. The van der Waals surface area contributed by atoms with Crippen molar-refractivity contribution >= 4 is 29.3 Å². The van der Waals surface area contributed by atoms with Gasteiger partial charge in [-0.1, -0.05) is 36.4 Å². The number of carbonyl (C=O) groups excluding carboxylic acids is 3. The van der Waals surface area contributed by atoms with E-state index in [-0.39, 0.29) is 36.7 Å². The van der Waals surface area contributed by atoms with Gasteiger partial charge in [0.05, 0.1) is 11.6 Å². The van der Waals surface area contributed by atoms with Gasteiger partial charge in [0.25, 0.3) is 5.91 Å².